The standard InChI is InChI=1S/C39H36ClFN4O3S/c1-23(45-21-28(22-45)38(47)48)33(44-37(46)34-15-16-35(49-34)39(2,3)4)17-24-9-11-25(12-10-24)36-42-19-27(20-43-36)30-14-13-26(18-32(30)41)29-7-5-6-8-31(29)40/h5-16,18-20,28,33H,1,17,21-22H2,2-4H3,(H,44,46)(H,47,48)/t33-/m0/s1. The van der Waals surface area contributed by atoms with Gasteiger partial charge in [0, 0.05) is 63.3 Å². The minimum atomic E-state index is -0.833. The van der Waals surface area contributed by atoms with Crippen molar-refractivity contribution >= 4 is 34.8 Å². The van der Waals surface area contributed by atoms with Crippen molar-refractivity contribution in [3.8, 4) is 33.6 Å². The zero-order chi connectivity index (χ0) is 34.9. The van der Waals surface area contributed by atoms with Crippen LogP contribution >= 0.6 is 22.9 Å². The molecular formula is C39H36ClFN4O3S. The SMILES string of the molecule is C=C([C@H](Cc1ccc(-c2ncc(-c3ccc(-c4ccccc4Cl)cc3F)cn2)cc1)NC(=O)c1ccc(C(C)(C)C)s1)N1CC(C(=O)O)C1. The Balaban J connectivity index is 1.16. The molecule has 1 aliphatic heterocycles. The average molecular weight is 695 g/mol. The summed E-state index contributed by atoms with van der Waals surface area (Å²) in [5.41, 5.74) is 4.72. The number of carbonyl (C=O) groups excluding carboxylic acids is 1. The van der Waals surface area contributed by atoms with E-state index in [9.17, 15) is 14.7 Å². The fourth-order valence-corrected chi connectivity index (χ4v) is 6.90. The molecule has 0 spiro atoms. The number of nitrogens with zero attached hydrogens (tertiary/aromatic N) is 3. The van der Waals surface area contributed by atoms with Crippen LogP contribution in [0.4, 0.5) is 4.39 Å². The van der Waals surface area contributed by atoms with E-state index < -0.39 is 23.7 Å². The number of likely N-dealkylation sites (tertiary alicyclic amines) is 1. The third kappa shape index (κ3) is 7.58. The molecule has 0 aliphatic carbocycles. The predicted molar refractivity (Wildman–Crippen MR) is 193 cm³/mol. The van der Waals surface area contributed by atoms with Crippen molar-refractivity contribution in [1.82, 2.24) is 20.2 Å². The molecule has 2 N–H and O–H groups in total. The third-order valence-electron chi connectivity index (χ3n) is 8.68. The highest BCUT2D eigenvalue weighted by molar-refractivity contribution is 7.14. The molecule has 0 bridgehead atoms. The highest BCUT2D eigenvalue weighted by Crippen LogP contribution is 2.33. The van der Waals surface area contributed by atoms with Gasteiger partial charge >= 0.3 is 5.97 Å². The number of carboxylic acids is 1. The van der Waals surface area contributed by atoms with E-state index in [4.69, 9.17) is 11.6 Å². The summed E-state index contributed by atoms with van der Waals surface area (Å²) in [6.45, 7) is 11.3. The number of amides is 1. The molecule has 1 saturated heterocycles. The molecule has 1 aliphatic rings. The maximum atomic E-state index is 15.2. The predicted octanol–water partition coefficient (Wildman–Crippen LogP) is 8.50. The van der Waals surface area contributed by atoms with Crippen molar-refractivity contribution in [2.75, 3.05) is 13.1 Å². The van der Waals surface area contributed by atoms with E-state index in [1.165, 1.54) is 17.4 Å². The first-order valence-electron chi connectivity index (χ1n) is 15.9. The second-order valence-corrected chi connectivity index (χ2v) is 14.7. The molecule has 3 aromatic carbocycles. The maximum Gasteiger partial charge on any atom is 0.310 e. The normalized spacial score (nSPS) is 13.9. The van der Waals surface area contributed by atoms with Crippen molar-refractivity contribution in [2.45, 2.75) is 38.6 Å². The molecule has 250 valence electrons. The molecule has 2 aromatic heterocycles. The van der Waals surface area contributed by atoms with E-state index in [-0.39, 0.29) is 11.3 Å². The monoisotopic (exact) mass is 694 g/mol. The maximum absolute atomic E-state index is 15.2. The van der Waals surface area contributed by atoms with Crippen LogP contribution in [0.1, 0.15) is 40.9 Å². The number of hydrogen-bond acceptors (Lipinski definition) is 6. The van der Waals surface area contributed by atoms with E-state index in [2.05, 4.69) is 42.6 Å². The lowest BCUT2D eigenvalue weighted by Crippen LogP contribution is -2.53. The molecule has 6 rings (SSSR count). The van der Waals surface area contributed by atoms with Gasteiger partial charge in [-0.25, -0.2) is 14.4 Å². The fourth-order valence-electron chi connectivity index (χ4n) is 5.69. The molecule has 7 nitrogen and oxygen atoms in total. The first kappa shape index (κ1) is 34.0. The lowest BCUT2D eigenvalue weighted by molar-refractivity contribution is -0.146. The van der Waals surface area contributed by atoms with E-state index in [0.717, 1.165) is 21.6 Å². The van der Waals surface area contributed by atoms with E-state index in [1.807, 2.05) is 65.6 Å². The summed E-state index contributed by atoms with van der Waals surface area (Å²) in [4.78, 5) is 37.5. The molecule has 0 saturated carbocycles. The Kier molecular flexibility index (Phi) is 9.68. The Morgan fingerprint density at radius 2 is 1.65 bits per heavy atom. The largest absolute Gasteiger partial charge is 0.481 e. The minimum Gasteiger partial charge on any atom is -0.481 e. The summed E-state index contributed by atoms with van der Waals surface area (Å²) in [7, 11) is 0. The number of halogens is 2. The van der Waals surface area contributed by atoms with E-state index >= 15 is 4.39 Å². The van der Waals surface area contributed by atoms with Crippen LogP contribution in [0.15, 0.2) is 104 Å². The van der Waals surface area contributed by atoms with Crippen LogP contribution in [0.3, 0.4) is 0 Å². The van der Waals surface area contributed by atoms with Gasteiger partial charge in [0.15, 0.2) is 5.82 Å². The Morgan fingerprint density at radius 1 is 0.980 bits per heavy atom. The number of benzene rings is 3. The number of carboxylic acid groups (broad SMARTS) is 1. The summed E-state index contributed by atoms with van der Waals surface area (Å²) in [6.07, 6.45) is 3.67. The Morgan fingerprint density at radius 3 is 2.27 bits per heavy atom. The van der Waals surface area contributed by atoms with Gasteiger partial charge in [-0.1, -0.05) is 93.5 Å². The van der Waals surface area contributed by atoms with E-state index in [0.29, 0.717) is 57.6 Å². The number of hydrogen-bond donors (Lipinski definition) is 2. The van der Waals surface area contributed by atoms with Gasteiger partial charge in [-0.2, -0.15) is 0 Å². The van der Waals surface area contributed by atoms with Gasteiger partial charge in [-0.05, 0) is 47.2 Å². The zero-order valence-corrected chi connectivity index (χ0v) is 29.0. The van der Waals surface area contributed by atoms with Gasteiger partial charge in [-0.15, -0.1) is 11.3 Å². The summed E-state index contributed by atoms with van der Waals surface area (Å²) >= 11 is 7.77. The fraction of sp³-hybridized carbons (Fsp3) is 0.231. The molecular weight excluding hydrogens is 659 g/mol. The van der Waals surface area contributed by atoms with Crippen molar-refractivity contribution < 1.29 is 19.1 Å². The van der Waals surface area contributed by atoms with Crippen LogP contribution in [-0.2, 0) is 16.6 Å². The van der Waals surface area contributed by atoms with Crippen LogP contribution < -0.4 is 5.32 Å². The number of aromatic nitrogens is 2. The summed E-state index contributed by atoms with van der Waals surface area (Å²) < 4.78 is 15.2. The first-order valence-corrected chi connectivity index (χ1v) is 17.1. The quantitative estimate of drug-likeness (QED) is 0.152. The van der Waals surface area contributed by atoms with Crippen molar-refractivity contribution in [3.05, 3.63) is 130 Å². The second-order valence-electron chi connectivity index (χ2n) is 13.2. The molecule has 49 heavy (non-hydrogen) atoms. The molecule has 10 heteroatoms. The zero-order valence-electron chi connectivity index (χ0n) is 27.4. The first-order chi connectivity index (χ1) is 23.4. The lowest BCUT2D eigenvalue weighted by Gasteiger charge is -2.42. The number of nitrogens with one attached hydrogen (secondary N) is 1. The van der Waals surface area contributed by atoms with Crippen molar-refractivity contribution in [1.29, 1.82) is 0 Å². The van der Waals surface area contributed by atoms with Crippen molar-refractivity contribution in [3.63, 3.8) is 0 Å². The highest BCUT2D eigenvalue weighted by atomic mass is 35.5. The van der Waals surface area contributed by atoms with Gasteiger partial charge in [0.2, 0.25) is 0 Å². The molecule has 1 atom stereocenters. The Labute approximate surface area is 294 Å². The molecule has 1 amide bonds. The molecule has 3 heterocycles. The third-order valence-corrected chi connectivity index (χ3v) is 10.5. The number of carbonyl (C=O) groups is 2. The topological polar surface area (TPSA) is 95.4 Å². The molecule has 5 aromatic rings. The van der Waals surface area contributed by atoms with Crippen molar-refractivity contribution in [2.24, 2.45) is 5.92 Å². The van der Waals surface area contributed by atoms with Crippen LogP contribution in [0.5, 0.6) is 0 Å². The summed E-state index contributed by atoms with van der Waals surface area (Å²) in [5.74, 6) is -1.38. The molecule has 0 radical (unpaired) electrons. The molecule has 1 fully saturated rings. The lowest BCUT2D eigenvalue weighted by atomic mass is 9.95. The molecule has 0 unspecified atom stereocenters. The Bertz CT molecular complexity index is 2020. The van der Waals surface area contributed by atoms with Gasteiger partial charge in [-0.3, -0.25) is 9.59 Å². The highest BCUT2D eigenvalue weighted by Gasteiger charge is 2.36. The van der Waals surface area contributed by atoms with Gasteiger partial charge in [0.1, 0.15) is 5.82 Å². The number of rotatable bonds is 10. The number of thiophene rings is 1. The van der Waals surface area contributed by atoms with Crippen LogP contribution in [0, 0.1) is 11.7 Å². The van der Waals surface area contributed by atoms with Gasteiger partial charge in [0.25, 0.3) is 5.91 Å². The second kappa shape index (κ2) is 13.9. The van der Waals surface area contributed by atoms with E-state index in [1.54, 1.807) is 24.5 Å². The van der Waals surface area contributed by atoms with Crippen LogP contribution in [0.25, 0.3) is 33.6 Å². The number of aliphatic carboxylic acids is 1. The van der Waals surface area contributed by atoms with Crippen LogP contribution in [0.2, 0.25) is 5.02 Å². The average Bonchev–Trinajstić information content (AvgIpc) is 3.56. The van der Waals surface area contributed by atoms with Crippen LogP contribution in [-0.4, -0.2) is 51.0 Å². The minimum absolute atomic E-state index is 0.0684. The van der Waals surface area contributed by atoms with Gasteiger partial charge in [0.05, 0.1) is 16.8 Å². The Hall–Kier alpha value is -4.86. The summed E-state index contributed by atoms with van der Waals surface area (Å²) in [6, 6.07) is 23.4. The van der Waals surface area contributed by atoms with Gasteiger partial charge < -0.3 is 15.3 Å². The summed E-state index contributed by atoms with van der Waals surface area (Å²) in [5, 5.41) is 13.1. The smallest absolute Gasteiger partial charge is 0.310 e.